The van der Waals surface area contributed by atoms with Crippen molar-refractivity contribution in [2.24, 2.45) is 5.92 Å². The molecule has 0 atom stereocenters. The summed E-state index contributed by atoms with van der Waals surface area (Å²) in [6.07, 6.45) is -4.00. The largest absolute Gasteiger partial charge is 0.481 e. The monoisotopic (exact) mass is 269 g/mol. The van der Waals surface area contributed by atoms with Crippen LogP contribution in [0.1, 0.15) is 25.7 Å². The lowest BCUT2D eigenvalue weighted by Gasteiger charge is -2.26. The van der Waals surface area contributed by atoms with Gasteiger partial charge in [-0.15, -0.1) is 0 Å². The smallest absolute Gasteiger partial charge is 0.422 e. The first-order chi connectivity index (χ1) is 8.28. The van der Waals surface area contributed by atoms with Gasteiger partial charge in [-0.1, -0.05) is 0 Å². The molecule has 0 aromatic rings. The van der Waals surface area contributed by atoms with Crippen molar-refractivity contribution >= 4 is 12.1 Å². The average Bonchev–Trinajstić information content (AvgIpc) is 2.26. The van der Waals surface area contributed by atoms with Crippen molar-refractivity contribution in [2.75, 3.05) is 6.61 Å². The van der Waals surface area contributed by atoms with E-state index in [-0.39, 0.29) is 6.04 Å². The number of nitrogens with one attached hydrogen (secondary N) is 1. The second-order valence-electron chi connectivity index (χ2n) is 4.22. The number of carbonyl (C=O) groups excluding carboxylic acids is 1. The summed E-state index contributed by atoms with van der Waals surface area (Å²) in [5.74, 6) is -1.32. The van der Waals surface area contributed by atoms with E-state index in [2.05, 4.69) is 10.1 Å². The Labute approximate surface area is 101 Å². The van der Waals surface area contributed by atoms with Crippen LogP contribution in [0.5, 0.6) is 0 Å². The van der Waals surface area contributed by atoms with Gasteiger partial charge in [0.25, 0.3) is 0 Å². The van der Waals surface area contributed by atoms with Crippen molar-refractivity contribution in [3.63, 3.8) is 0 Å². The minimum Gasteiger partial charge on any atom is -0.481 e. The van der Waals surface area contributed by atoms with E-state index in [4.69, 9.17) is 5.11 Å². The van der Waals surface area contributed by atoms with E-state index in [1.807, 2.05) is 0 Å². The Hall–Kier alpha value is -1.47. The quantitative estimate of drug-likeness (QED) is 0.820. The summed E-state index contributed by atoms with van der Waals surface area (Å²) in [5.41, 5.74) is 0. The molecule has 0 aliphatic heterocycles. The highest BCUT2D eigenvalue weighted by Gasteiger charge is 2.31. The first kappa shape index (κ1) is 14.6. The molecule has 1 aliphatic carbocycles. The molecule has 1 fully saturated rings. The van der Waals surface area contributed by atoms with Crippen molar-refractivity contribution in [3.8, 4) is 0 Å². The number of hydrogen-bond acceptors (Lipinski definition) is 3. The molecule has 8 heteroatoms. The maximum Gasteiger partial charge on any atom is 0.422 e. The zero-order valence-corrected chi connectivity index (χ0v) is 9.50. The molecule has 0 saturated heterocycles. The molecule has 1 saturated carbocycles. The third kappa shape index (κ3) is 5.24. The maximum absolute atomic E-state index is 11.8. The predicted molar refractivity (Wildman–Crippen MR) is 53.9 cm³/mol. The number of carbonyl (C=O) groups is 2. The highest BCUT2D eigenvalue weighted by atomic mass is 19.4. The van der Waals surface area contributed by atoms with Gasteiger partial charge in [0, 0.05) is 6.04 Å². The van der Waals surface area contributed by atoms with E-state index in [9.17, 15) is 22.8 Å². The van der Waals surface area contributed by atoms with Gasteiger partial charge in [0.2, 0.25) is 0 Å². The second kappa shape index (κ2) is 5.92. The Morgan fingerprint density at radius 1 is 1.22 bits per heavy atom. The highest BCUT2D eigenvalue weighted by molar-refractivity contribution is 5.70. The van der Waals surface area contributed by atoms with E-state index >= 15 is 0 Å². The molecule has 0 bridgehead atoms. The Morgan fingerprint density at radius 2 is 1.78 bits per heavy atom. The van der Waals surface area contributed by atoms with E-state index in [0.29, 0.717) is 25.7 Å². The van der Waals surface area contributed by atoms with Gasteiger partial charge < -0.3 is 15.2 Å². The van der Waals surface area contributed by atoms with Crippen LogP contribution in [-0.4, -0.2) is 36.0 Å². The topological polar surface area (TPSA) is 75.6 Å². The summed E-state index contributed by atoms with van der Waals surface area (Å²) < 4.78 is 39.3. The van der Waals surface area contributed by atoms with Crippen molar-refractivity contribution in [1.82, 2.24) is 5.32 Å². The molecule has 5 nitrogen and oxygen atoms in total. The Morgan fingerprint density at radius 3 is 2.22 bits per heavy atom. The molecule has 0 aromatic carbocycles. The maximum atomic E-state index is 11.8. The van der Waals surface area contributed by atoms with Crippen molar-refractivity contribution in [3.05, 3.63) is 0 Å². The van der Waals surface area contributed by atoms with Crippen LogP contribution < -0.4 is 5.32 Å². The summed E-state index contributed by atoms with van der Waals surface area (Å²) in [6, 6.07) is -0.318. The fraction of sp³-hybridized carbons (Fsp3) is 0.800. The number of alkyl halides is 3. The van der Waals surface area contributed by atoms with Gasteiger partial charge in [0.15, 0.2) is 6.61 Å². The van der Waals surface area contributed by atoms with Crippen LogP contribution in [0.4, 0.5) is 18.0 Å². The molecule has 0 spiro atoms. The molecule has 2 N–H and O–H groups in total. The molecular formula is C10H14F3NO4. The van der Waals surface area contributed by atoms with Crippen LogP contribution >= 0.6 is 0 Å². The van der Waals surface area contributed by atoms with Crippen LogP contribution in [0.3, 0.4) is 0 Å². The van der Waals surface area contributed by atoms with Crippen LogP contribution in [-0.2, 0) is 9.53 Å². The molecule has 18 heavy (non-hydrogen) atoms. The molecule has 0 aromatic heterocycles. The Bertz CT molecular complexity index is 311. The number of amides is 1. The summed E-state index contributed by atoms with van der Waals surface area (Å²) in [6.45, 7) is -1.62. The van der Waals surface area contributed by atoms with Crippen molar-refractivity contribution in [2.45, 2.75) is 37.9 Å². The number of rotatable bonds is 3. The van der Waals surface area contributed by atoms with Crippen LogP contribution in [0.25, 0.3) is 0 Å². The third-order valence-corrected chi connectivity index (χ3v) is 2.77. The number of hydrogen-bond donors (Lipinski definition) is 2. The minimum absolute atomic E-state index is 0.318. The molecule has 1 aliphatic rings. The molecule has 0 radical (unpaired) electrons. The summed E-state index contributed by atoms with van der Waals surface area (Å²) >= 11 is 0. The molecule has 1 rings (SSSR count). The first-order valence-corrected chi connectivity index (χ1v) is 5.51. The summed E-state index contributed by atoms with van der Waals surface area (Å²) in [7, 11) is 0. The fourth-order valence-electron chi connectivity index (χ4n) is 1.84. The molecular weight excluding hydrogens is 255 g/mol. The zero-order valence-electron chi connectivity index (χ0n) is 9.50. The first-order valence-electron chi connectivity index (χ1n) is 5.51. The number of carboxylic acids is 1. The van der Waals surface area contributed by atoms with E-state index in [1.54, 1.807) is 0 Å². The Balaban J connectivity index is 2.24. The van der Waals surface area contributed by atoms with Gasteiger partial charge in [-0.3, -0.25) is 4.79 Å². The third-order valence-electron chi connectivity index (χ3n) is 2.77. The molecule has 104 valence electrons. The minimum atomic E-state index is -4.54. The summed E-state index contributed by atoms with van der Waals surface area (Å²) in [5, 5.41) is 11.0. The lowest BCUT2D eigenvalue weighted by atomic mass is 9.86. The lowest BCUT2D eigenvalue weighted by Crippen LogP contribution is -2.40. The molecule has 1 amide bonds. The van der Waals surface area contributed by atoms with Gasteiger partial charge >= 0.3 is 18.2 Å². The van der Waals surface area contributed by atoms with E-state index in [0.717, 1.165) is 0 Å². The lowest BCUT2D eigenvalue weighted by molar-refractivity contribution is -0.160. The van der Waals surface area contributed by atoms with Crippen LogP contribution in [0, 0.1) is 5.92 Å². The number of carboxylic acid groups (broad SMARTS) is 1. The van der Waals surface area contributed by atoms with E-state index < -0.39 is 30.8 Å². The number of ether oxygens (including phenoxy) is 1. The van der Waals surface area contributed by atoms with Crippen LogP contribution in [0.2, 0.25) is 0 Å². The number of aliphatic carboxylic acids is 1. The molecule has 0 unspecified atom stereocenters. The van der Waals surface area contributed by atoms with E-state index in [1.165, 1.54) is 0 Å². The Kier molecular flexibility index (Phi) is 4.80. The zero-order chi connectivity index (χ0) is 13.8. The fourth-order valence-corrected chi connectivity index (χ4v) is 1.84. The molecule has 0 heterocycles. The highest BCUT2D eigenvalue weighted by Crippen LogP contribution is 2.24. The summed E-state index contributed by atoms with van der Waals surface area (Å²) in [4.78, 5) is 21.7. The predicted octanol–water partition coefficient (Wildman–Crippen LogP) is 1.92. The average molecular weight is 269 g/mol. The van der Waals surface area contributed by atoms with Gasteiger partial charge in [-0.25, -0.2) is 4.79 Å². The SMILES string of the molecule is O=C(NC1CCC(C(=O)O)CC1)OCC(F)(F)F. The van der Waals surface area contributed by atoms with Crippen molar-refractivity contribution in [1.29, 1.82) is 0 Å². The van der Waals surface area contributed by atoms with Crippen LogP contribution in [0.15, 0.2) is 0 Å². The number of halogens is 3. The number of alkyl carbamates (subject to hydrolysis) is 1. The normalized spacial score (nSPS) is 24.4. The second-order valence-corrected chi connectivity index (χ2v) is 4.22. The van der Waals surface area contributed by atoms with Gasteiger partial charge in [-0.05, 0) is 25.7 Å². The van der Waals surface area contributed by atoms with Crippen molar-refractivity contribution < 1.29 is 32.6 Å². The standard InChI is InChI=1S/C10H14F3NO4/c11-10(12,13)5-18-9(17)14-7-3-1-6(2-4-7)8(15)16/h6-7H,1-5H2,(H,14,17)(H,15,16). The van der Waals surface area contributed by atoms with Gasteiger partial charge in [0.05, 0.1) is 5.92 Å². The van der Waals surface area contributed by atoms with Gasteiger partial charge in [-0.2, -0.15) is 13.2 Å². The van der Waals surface area contributed by atoms with Gasteiger partial charge in [0.1, 0.15) is 0 Å².